The van der Waals surface area contributed by atoms with Gasteiger partial charge in [-0.15, -0.1) is 0 Å². The Bertz CT molecular complexity index is 365. The van der Waals surface area contributed by atoms with E-state index in [9.17, 15) is 0 Å². The van der Waals surface area contributed by atoms with Crippen LogP contribution in [0.3, 0.4) is 0 Å². The number of nitrogens with zero attached hydrogens (tertiary/aromatic N) is 1. The predicted molar refractivity (Wildman–Crippen MR) is 81.5 cm³/mol. The number of methoxy groups -OCH3 is 1. The molecule has 2 rings (SSSR count). The second kappa shape index (κ2) is 7.75. The van der Waals surface area contributed by atoms with Gasteiger partial charge in [0.05, 0.1) is 7.11 Å². The Morgan fingerprint density at radius 2 is 1.84 bits per heavy atom. The Hall–Kier alpha value is -0.740. The lowest BCUT2D eigenvalue weighted by atomic mass is 9.91. The number of alkyl halides is 1. The van der Waals surface area contributed by atoms with E-state index < -0.39 is 0 Å². The van der Waals surface area contributed by atoms with E-state index in [1.54, 1.807) is 7.11 Å². The summed E-state index contributed by atoms with van der Waals surface area (Å²) in [5, 5.41) is 1.03. The molecule has 1 fully saturated rings. The zero-order valence-electron chi connectivity index (χ0n) is 11.5. The first-order valence-electron chi connectivity index (χ1n) is 6.90. The second-order valence-electron chi connectivity index (χ2n) is 4.83. The monoisotopic (exact) mass is 327 g/mol. The third-order valence-corrected chi connectivity index (χ3v) is 4.02. The average Bonchev–Trinajstić information content (AvgIpc) is 2.38. The predicted octanol–water partition coefficient (Wildman–Crippen LogP) is 3.32. The van der Waals surface area contributed by atoms with Gasteiger partial charge in [0.25, 0.3) is 0 Å². The van der Waals surface area contributed by atoms with E-state index >= 15 is 0 Å². The lowest BCUT2D eigenvalue weighted by Crippen LogP contribution is -2.43. The van der Waals surface area contributed by atoms with Crippen molar-refractivity contribution in [3.8, 4) is 11.5 Å². The van der Waals surface area contributed by atoms with Gasteiger partial charge in [-0.1, -0.05) is 22.4 Å². The number of hydrogen-bond acceptors (Lipinski definition) is 3. The first-order chi connectivity index (χ1) is 9.33. The molecule has 1 aromatic carbocycles. The van der Waals surface area contributed by atoms with E-state index in [1.165, 1.54) is 19.3 Å². The SMILES string of the molecule is COc1ccc(OCCN(CCBr)C2CCC2)cc1. The second-order valence-corrected chi connectivity index (χ2v) is 5.63. The Morgan fingerprint density at radius 3 is 2.37 bits per heavy atom. The van der Waals surface area contributed by atoms with Gasteiger partial charge in [0.1, 0.15) is 18.1 Å². The Morgan fingerprint density at radius 1 is 1.16 bits per heavy atom. The van der Waals surface area contributed by atoms with Crippen LogP contribution < -0.4 is 9.47 Å². The first-order valence-corrected chi connectivity index (χ1v) is 8.02. The molecule has 0 aliphatic heterocycles. The van der Waals surface area contributed by atoms with Gasteiger partial charge in [0, 0.05) is 24.5 Å². The van der Waals surface area contributed by atoms with Crippen molar-refractivity contribution in [1.82, 2.24) is 4.90 Å². The highest BCUT2D eigenvalue weighted by Crippen LogP contribution is 2.24. The number of rotatable bonds is 8. The van der Waals surface area contributed by atoms with Gasteiger partial charge in [0.15, 0.2) is 0 Å². The molecule has 1 saturated carbocycles. The summed E-state index contributed by atoms with van der Waals surface area (Å²) in [5.74, 6) is 1.77. The maximum absolute atomic E-state index is 5.79. The first kappa shape index (κ1) is 14.7. The molecular formula is C15H22BrNO2. The molecule has 3 nitrogen and oxygen atoms in total. The molecule has 0 bridgehead atoms. The fraction of sp³-hybridized carbons (Fsp3) is 0.600. The normalized spacial score (nSPS) is 15.3. The summed E-state index contributed by atoms with van der Waals surface area (Å²) < 4.78 is 10.9. The van der Waals surface area contributed by atoms with Gasteiger partial charge < -0.3 is 9.47 Å². The standard InChI is InChI=1S/C15H22BrNO2/c1-18-14-5-7-15(8-6-14)19-12-11-17(10-9-16)13-3-2-4-13/h5-8,13H,2-4,9-12H2,1H3. The Labute approximate surface area is 124 Å². The summed E-state index contributed by atoms with van der Waals surface area (Å²) in [4.78, 5) is 2.53. The molecule has 0 amide bonds. The molecule has 1 aromatic rings. The van der Waals surface area contributed by atoms with Crippen molar-refractivity contribution in [2.75, 3.05) is 32.1 Å². The van der Waals surface area contributed by atoms with E-state index in [2.05, 4.69) is 20.8 Å². The maximum Gasteiger partial charge on any atom is 0.119 e. The van der Waals surface area contributed by atoms with Gasteiger partial charge >= 0.3 is 0 Å². The minimum absolute atomic E-state index is 0.746. The van der Waals surface area contributed by atoms with Crippen LogP contribution in [0, 0.1) is 0 Å². The number of ether oxygens (including phenoxy) is 2. The quantitative estimate of drug-likeness (QED) is 0.684. The zero-order chi connectivity index (χ0) is 13.5. The van der Waals surface area contributed by atoms with E-state index in [1.807, 2.05) is 24.3 Å². The topological polar surface area (TPSA) is 21.7 Å². The molecule has 19 heavy (non-hydrogen) atoms. The van der Waals surface area contributed by atoms with Crippen molar-refractivity contribution in [3.63, 3.8) is 0 Å². The molecule has 0 unspecified atom stereocenters. The van der Waals surface area contributed by atoms with Crippen LogP contribution in [0.15, 0.2) is 24.3 Å². The van der Waals surface area contributed by atoms with Gasteiger partial charge in [-0.3, -0.25) is 4.90 Å². The average molecular weight is 328 g/mol. The van der Waals surface area contributed by atoms with Crippen molar-refractivity contribution >= 4 is 15.9 Å². The van der Waals surface area contributed by atoms with Gasteiger partial charge in [0.2, 0.25) is 0 Å². The summed E-state index contributed by atoms with van der Waals surface area (Å²) in [6, 6.07) is 8.54. The van der Waals surface area contributed by atoms with E-state index in [-0.39, 0.29) is 0 Å². The molecule has 1 aliphatic rings. The molecule has 0 aromatic heterocycles. The molecule has 0 heterocycles. The molecule has 0 N–H and O–H groups in total. The Balaban J connectivity index is 1.74. The molecule has 0 saturated heterocycles. The van der Waals surface area contributed by atoms with Gasteiger partial charge in [-0.2, -0.15) is 0 Å². The molecule has 0 atom stereocenters. The summed E-state index contributed by atoms with van der Waals surface area (Å²) in [6.07, 6.45) is 4.06. The van der Waals surface area contributed by atoms with Crippen molar-refractivity contribution < 1.29 is 9.47 Å². The third-order valence-electron chi connectivity index (χ3n) is 3.67. The minimum atomic E-state index is 0.746. The van der Waals surface area contributed by atoms with Crippen molar-refractivity contribution in [2.24, 2.45) is 0 Å². The molecule has 0 radical (unpaired) electrons. The van der Waals surface area contributed by atoms with Crippen LogP contribution in [0.25, 0.3) is 0 Å². The summed E-state index contributed by atoms with van der Waals surface area (Å²) in [7, 11) is 1.67. The van der Waals surface area contributed by atoms with Crippen LogP contribution in [-0.2, 0) is 0 Å². The third kappa shape index (κ3) is 4.39. The molecule has 1 aliphatic carbocycles. The van der Waals surface area contributed by atoms with Crippen LogP contribution >= 0.6 is 15.9 Å². The van der Waals surface area contributed by atoms with E-state index in [4.69, 9.17) is 9.47 Å². The molecule has 4 heteroatoms. The summed E-state index contributed by atoms with van der Waals surface area (Å²) in [6.45, 7) is 2.86. The van der Waals surface area contributed by atoms with Crippen molar-refractivity contribution in [2.45, 2.75) is 25.3 Å². The highest BCUT2D eigenvalue weighted by Gasteiger charge is 2.23. The fourth-order valence-electron chi connectivity index (χ4n) is 2.29. The van der Waals surface area contributed by atoms with Gasteiger partial charge in [-0.25, -0.2) is 0 Å². The lowest BCUT2D eigenvalue weighted by molar-refractivity contribution is 0.114. The highest BCUT2D eigenvalue weighted by atomic mass is 79.9. The fourth-order valence-corrected chi connectivity index (χ4v) is 2.75. The van der Waals surface area contributed by atoms with Crippen LogP contribution in [0.4, 0.5) is 0 Å². The maximum atomic E-state index is 5.79. The minimum Gasteiger partial charge on any atom is -0.497 e. The largest absolute Gasteiger partial charge is 0.497 e. The molecule has 106 valence electrons. The number of halogens is 1. The Kier molecular flexibility index (Phi) is 5.98. The van der Waals surface area contributed by atoms with Gasteiger partial charge in [-0.05, 0) is 37.1 Å². The van der Waals surface area contributed by atoms with Crippen LogP contribution in [0.2, 0.25) is 0 Å². The molecular weight excluding hydrogens is 306 g/mol. The van der Waals surface area contributed by atoms with Crippen molar-refractivity contribution in [3.05, 3.63) is 24.3 Å². The van der Waals surface area contributed by atoms with Crippen LogP contribution in [-0.4, -0.2) is 43.1 Å². The van der Waals surface area contributed by atoms with Crippen LogP contribution in [0.1, 0.15) is 19.3 Å². The van der Waals surface area contributed by atoms with E-state index in [0.29, 0.717) is 0 Å². The molecule has 0 spiro atoms. The van der Waals surface area contributed by atoms with Crippen LogP contribution in [0.5, 0.6) is 11.5 Å². The number of hydrogen-bond donors (Lipinski definition) is 0. The highest BCUT2D eigenvalue weighted by molar-refractivity contribution is 9.09. The van der Waals surface area contributed by atoms with E-state index in [0.717, 1.165) is 42.6 Å². The zero-order valence-corrected chi connectivity index (χ0v) is 13.1. The summed E-state index contributed by atoms with van der Waals surface area (Å²) in [5.41, 5.74) is 0. The number of benzene rings is 1. The van der Waals surface area contributed by atoms with Crippen molar-refractivity contribution in [1.29, 1.82) is 0 Å². The summed E-state index contributed by atoms with van der Waals surface area (Å²) >= 11 is 3.53. The lowest BCUT2D eigenvalue weighted by Gasteiger charge is -2.37. The smallest absolute Gasteiger partial charge is 0.119 e.